The second kappa shape index (κ2) is 17.2. The minimum atomic E-state index is 0.175. The van der Waals surface area contributed by atoms with Crippen molar-refractivity contribution in [1.82, 2.24) is 0 Å². The molecule has 0 bridgehead atoms. The molecule has 0 spiro atoms. The summed E-state index contributed by atoms with van der Waals surface area (Å²) in [5, 5.41) is 0. The van der Waals surface area contributed by atoms with Crippen molar-refractivity contribution in [2.24, 2.45) is 22.2 Å². The summed E-state index contributed by atoms with van der Waals surface area (Å²) in [6.45, 7) is 27.2. The molecule has 6 nitrogen and oxygen atoms in total. The molecule has 32 heavy (non-hydrogen) atoms. The van der Waals surface area contributed by atoms with Crippen molar-refractivity contribution in [3.63, 3.8) is 0 Å². The lowest BCUT2D eigenvalue weighted by Gasteiger charge is -2.20. The molecule has 0 aliphatic heterocycles. The van der Waals surface area contributed by atoms with Crippen molar-refractivity contribution < 1.29 is 28.4 Å². The summed E-state index contributed by atoms with van der Waals surface area (Å²) in [4.78, 5) is 0. The summed E-state index contributed by atoms with van der Waals surface area (Å²) < 4.78 is 34.5. The van der Waals surface area contributed by atoms with Gasteiger partial charge in [0.1, 0.15) is 0 Å². The highest BCUT2D eigenvalue weighted by atomic mass is 16.5. The van der Waals surface area contributed by atoms with E-state index < -0.39 is 0 Å². The van der Waals surface area contributed by atoms with Gasteiger partial charge in [-0.25, -0.2) is 0 Å². The molecule has 6 heteroatoms. The van der Waals surface area contributed by atoms with Crippen LogP contribution >= 0.6 is 0 Å². The second-order valence-electron chi connectivity index (χ2n) is 12.2. The Bertz CT molecular complexity index is 394. The van der Waals surface area contributed by atoms with Gasteiger partial charge in [-0.3, -0.25) is 0 Å². The van der Waals surface area contributed by atoms with Crippen LogP contribution in [-0.4, -0.2) is 79.3 Å². The number of hydrogen-bond acceptors (Lipinski definition) is 6. The predicted molar refractivity (Wildman–Crippen MR) is 131 cm³/mol. The maximum absolute atomic E-state index is 5.83. The van der Waals surface area contributed by atoms with E-state index in [9.17, 15) is 0 Å². The lowest BCUT2D eigenvalue weighted by atomic mass is 9.93. The Morgan fingerprint density at radius 1 is 0.406 bits per heavy atom. The lowest BCUT2D eigenvalue weighted by Crippen LogP contribution is -2.25. The van der Waals surface area contributed by atoms with Crippen LogP contribution in [0.1, 0.15) is 68.7 Å². The molecule has 0 radical (unpaired) electrons. The normalized spacial score (nSPS) is 13.3. The third kappa shape index (κ3) is 26.0. The van der Waals surface area contributed by atoms with Crippen molar-refractivity contribution in [3.8, 4) is 0 Å². The van der Waals surface area contributed by atoms with Gasteiger partial charge >= 0.3 is 0 Å². The molecule has 0 fully saturated rings. The zero-order valence-corrected chi connectivity index (χ0v) is 22.7. The molecule has 0 atom stereocenters. The van der Waals surface area contributed by atoms with Crippen LogP contribution in [0.3, 0.4) is 0 Å². The van der Waals surface area contributed by atoms with E-state index in [1.54, 1.807) is 0 Å². The van der Waals surface area contributed by atoms with Crippen LogP contribution in [0.15, 0.2) is 0 Å². The molecule has 0 saturated heterocycles. The highest BCUT2D eigenvalue weighted by Crippen LogP contribution is 2.17. The number of hydrogen-bond donors (Lipinski definition) is 0. The van der Waals surface area contributed by atoms with Crippen molar-refractivity contribution in [1.29, 1.82) is 0 Å². The Kier molecular flexibility index (Phi) is 17.1. The fourth-order valence-electron chi connectivity index (χ4n) is 2.49. The zero-order chi connectivity index (χ0) is 24.5. The Morgan fingerprint density at radius 2 is 0.750 bits per heavy atom. The Hall–Kier alpha value is -0.240. The van der Waals surface area contributed by atoms with Gasteiger partial charge in [0.25, 0.3) is 0 Å². The van der Waals surface area contributed by atoms with Gasteiger partial charge in [0.05, 0.1) is 72.7 Å². The highest BCUT2D eigenvalue weighted by Gasteiger charge is 2.13. The van der Waals surface area contributed by atoms with Crippen molar-refractivity contribution in [3.05, 3.63) is 0 Å². The van der Waals surface area contributed by atoms with Crippen molar-refractivity contribution in [2.75, 3.05) is 79.3 Å². The van der Waals surface area contributed by atoms with E-state index in [1.807, 2.05) is 0 Å². The van der Waals surface area contributed by atoms with Gasteiger partial charge < -0.3 is 28.4 Å². The van der Waals surface area contributed by atoms with E-state index >= 15 is 0 Å². The van der Waals surface area contributed by atoms with Gasteiger partial charge in [-0.2, -0.15) is 0 Å². The molecule has 0 aliphatic rings. The van der Waals surface area contributed by atoms with Gasteiger partial charge in [0, 0.05) is 12.5 Å². The Morgan fingerprint density at radius 3 is 1.09 bits per heavy atom. The van der Waals surface area contributed by atoms with Crippen molar-refractivity contribution >= 4 is 0 Å². The van der Waals surface area contributed by atoms with E-state index in [0.29, 0.717) is 64.9 Å². The van der Waals surface area contributed by atoms with Gasteiger partial charge in [0.2, 0.25) is 0 Å². The first kappa shape index (κ1) is 31.8. The topological polar surface area (TPSA) is 55.4 Å². The minimum Gasteiger partial charge on any atom is -0.379 e. The fraction of sp³-hybridized carbons (Fsp3) is 1.00. The second-order valence-corrected chi connectivity index (χ2v) is 12.2. The minimum absolute atomic E-state index is 0.175. The van der Waals surface area contributed by atoms with Crippen LogP contribution in [0.4, 0.5) is 0 Å². The highest BCUT2D eigenvalue weighted by molar-refractivity contribution is 4.61. The average Bonchev–Trinajstić information content (AvgIpc) is 2.63. The molecule has 0 amide bonds. The zero-order valence-electron chi connectivity index (χ0n) is 22.7. The summed E-state index contributed by atoms with van der Waals surface area (Å²) in [6.07, 6.45) is 1.05. The molecule has 0 N–H and O–H groups in total. The van der Waals surface area contributed by atoms with E-state index in [-0.39, 0.29) is 16.7 Å². The molecule has 0 aromatic carbocycles. The van der Waals surface area contributed by atoms with E-state index in [0.717, 1.165) is 26.2 Å². The molecule has 0 aromatic rings. The molecule has 0 aromatic heterocycles. The summed E-state index contributed by atoms with van der Waals surface area (Å²) in [6, 6.07) is 0. The van der Waals surface area contributed by atoms with Crippen LogP contribution in [0.5, 0.6) is 0 Å². The number of rotatable bonds is 19. The summed E-state index contributed by atoms with van der Waals surface area (Å²) in [5.41, 5.74) is 0.649. The average molecular weight is 463 g/mol. The van der Waals surface area contributed by atoms with Crippen LogP contribution in [0.25, 0.3) is 0 Å². The summed E-state index contributed by atoms with van der Waals surface area (Å²) in [5.74, 6) is 0.176. The monoisotopic (exact) mass is 462 g/mol. The first-order chi connectivity index (χ1) is 14.8. The SMILES string of the molecule is CC(C)(C)CCOCCOCC(COCCOCC(C)(C)C)COCCOCC(C)(C)C. The molecule has 0 aliphatic carbocycles. The largest absolute Gasteiger partial charge is 0.379 e. The third-order valence-electron chi connectivity index (χ3n) is 4.24. The van der Waals surface area contributed by atoms with Gasteiger partial charge in [0.15, 0.2) is 0 Å². The number of ether oxygens (including phenoxy) is 6. The molecule has 0 unspecified atom stereocenters. The van der Waals surface area contributed by atoms with Crippen LogP contribution < -0.4 is 0 Å². The van der Waals surface area contributed by atoms with Gasteiger partial charge in [-0.15, -0.1) is 0 Å². The third-order valence-corrected chi connectivity index (χ3v) is 4.24. The van der Waals surface area contributed by atoms with Crippen LogP contribution in [0, 0.1) is 22.2 Å². The van der Waals surface area contributed by atoms with E-state index in [4.69, 9.17) is 28.4 Å². The first-order valence-electron chi connectivity index (χ1n) is 12.2. The molecule has 0 saturated carbocycles. The fourth-order valence-corrected chi connectivity index (χ4v) is 2.49. The van der Waals surface area contributed by atoms with Crippen LogP contribution in [0.2, 0.25) is 0 Å². The van der Waals surface area contributed by atoms with Crippen LogP contribution in [-0.2, 0) is 28.4 Å². The standard InChI is InChI=1S/C26H54O6/c1-24(2,3)10-11-27-12-13-28-18-23(19-29-14-16-31-21-25(4,5)6)20-30-15-17-32-22-26(7,8)9/h23H,10-22H2,1-9H3. The molecule has 0 heterocycles. The maximum atomic E-state index is 5.83. The molecule has 0 rings (SSSR count). The molecular formula is C26H54O6. The summed E-state index contributed by atoms with van der Waals surface area (Å²) in [7, 11) is 0. The lowest BCUT2D eigenvalue weighted by molar-refractivity contribution is -0.0437. The smallest absolute Gasteiger partial charge is 0.0700 e. The molecule has 194 valence electrons. The Balaban J connectivity index is 4.05. The van der Waals surface area contributed by atoms with E-state index in [2.05, 4.69) is 62.3 Å². The quantitative estimate of drug-likeness (QED) is 0.245. The van der Waals surface area contributed by atoms with Crippen molar-refractivity contribution in [2.45, 2.75) is 68.7 Å². The Labute approximate surface area is 199 Å². The van der Waals surface area contributed by atoms with Gasteiger partial charge in [-0.05, 0) is 22.7 Å². The van der Waals surface area contributed by atoms with E-state index in [1.165, 1.54) is 0 Å². The maximum Gasteiger partial charge on any atom is 0.0700 e. The first-order valence-corrected chi connectivity index (χ1v) is 12.2. The van der Waals surface area contributed by atoms with Gasteiger partial charge in [-0.1, -0.05) is 62.3 Å². The molecular weight excluding hydrogens is 408 g/mol. The predicted octanol–water partition coefficient (Wildman–Crippen LogP) is 5.23. The summed E-state index contributed by atoms with van der Waals surface area (Å²) >= 11 is 0.